The summed E-state index contributed by atoms with van der Waals surface area (Å²) < 4.78 is 5.15. The number of aryl methyl sites for hydroxylation is 1. The summed E-state index contributed by atoms with van der Waals surface area (Å²) in [6.45, 7) is 4.66. The molecule has 0 unspecified atom stereocenters. The van der Waals surface area contributed by atoms with E-state index in [0.29, 0.717) is 11.5 Å². The third-order valence-corrected chi connectivity index (χ3v) is 3.02. The number of anilines is 2. The third-order valence-electron chi connectivity index (χ3n) is 3.02. The Morgan fingerprint density at radius 3 is 2.76 bits per heavy atom. The van der Waals surface area contributed by atoms with Crippen molar-refractivity contribution in [3.05, 3.63) is 47.7 Å². The molecular formula is C16H19N3O2. The molecule has 0 atom stereocenters. The predicted octanol–water partition coefficient (Wildman–Crippen LogP) is 3.08. The summed E-state index contributed by atoms with van der Waals surface area (Å²) in [5.41, 5.74) is 2.06. The Bertz CT molecular complexity index is 641. The van der Waals surface area contributed by atoms with E-state index in [0.717, 1.165) is 23.5 Å². The van der Waals surface area contributed by atoms with Gasteiger partial charge in [-0.2, -0.15) is 0 Å². The molecule has 2 N–H and O–H groups in total. The lowest BCUT2D eigenvalue weighted by atomic mass is 10.2. The van der Waals surface area contributed by atoms with Crippen LogP contribution in [0.1, 0.15) is 23.0 Å². The van der Waals surface area contributed by atoms with Gasteiger partial charge in [0.1, 0.15) is 17.3 Å². The number of carbonyl (C=O) groups is 1. The highest BCUT2D eigenvalue weighted by Gasteiger charge is 2.10. The first-order valence-corrected chi connectivity index (χ1v) is 6.81. The SMILES string of the molecule is CCNc1cccc(C(=O)Nc2ccc(OC)cc2C)n1. The molecule has 0 saturated heterocycles. The number of methoxy groups -OCH3 is 1. The molecular weight excluding hydrogens is 266 g/mol. The molecule has 2 aromatic rings. The summed E-state index contributed by atoms with van der Waals surface area (Å²) in [5, 5.41) is 5.95. The number of rotatable bonds is 5. The van der Waals surface area contributed by atoms with E-state index in [1.807, 2.05) is 38.1 Å². The van der Waals surface area contributed by atoms with E-state index in [1.165, 1.54) is 0 Å². The molecule has 21 heavy (non-hydrogen) atoms. The molecule has 1 aromatic heterocycles. The van der Waals surface area contributed by atoms with Gasteiger partial charge in [0.15, 0.2) is 0 Å². The van der Waals surface area contributed by atoms with Gasteiger partial charge in [-0.1, -0.05) is 6.07 Å². The van der Waals surface area contributed by atoms with Crippen molar-refractivity contribution in [2.24, 2.45) is 0 Å². The number of nitrogens with zero attached hydrogens (tertiary/aromatic N) is 1. The molecule has 0 fully saturated rings. The topological polar surface area (TPSA) is 63.2 Å². The average molecular weight is 285 g/mol. The van der Waals surface area contributed by atoms with Crippen LogP contribution in [0.4, 0.5) is 11.5 Å². The highest BCUT2D eigenvalue weighted by Crippen LogP contribution is 2.21. The van der Waals surface area contributed by atoms with Crippen molar-refractivity contribution in [1.82, 2.24) is 4.98 Å². The minimum absolute atomic E-state index is 0.233. The van der Waals surface area contributed by atoms with Crippen molar-refractivity contribution in [2.75, 3.05) is 24.3 Å². The maximum absolute atomic E-state index is 12.2. The van der Waals surface area contributed by atoms with Crippen LogP contribution in [0.2, 0.25) is 0 Å². The fourth-order valence-electron chi connectivity index (χ4n) is 1.93. The highest BCUT2D eigenvalue weighted by molar-refractivity contribution is 6.03. The Morgan fingerprint density at radius 2 is 2.10 bits per heavy atom. The summed E-state index contributed by atoms with van der Waals surface area (Å²) in [7, 11) is 1.61. The Morgan fingerprint density at radius 1 is 1.29 bits per heavy atom. The highest BCUT2D eigenvalue weighted by atomic mass is 16.5. The molecule has 0 spiro atoms. The summed E-state index contributed by atoms with van der Waals surface area (Å²) in [4.78, 5) is 16.5. The molecule has 5 heteroatoms. The predicted molar refractivity (Wildman–Crippen MR) is 84.1 cm³/mol. The standard InChI is InChI=1S/C16H19N3O2/c1-4-17-15-7-5-6-14(18-15)16(20)19-13-9-8-12(21-3)10-11(13)2/h5-10H,4H2,1-3H3,(H,17,18)(H,19,20). The lowest BCUT2D eigenvalue weighted by Crippen LogP contribution is -2.15. The molecule has 0 radical (unpaired) electrons. The van der Waals surface area contributed by atoms with Crippen LogP contribution in [0.15, 0.2) is 36.4 Å². The van der Waals surface area contributed by atoms with E-state index in [2.05, 4.69) is 15.6 Å². The zero-order valence-electron chi connectivity index (χ0n) is 12.4. The first kappa shape index (κ1) is 14.8. The van der Waals surface area contributed by atoms with Crippen LogP contribution in [-0.4, -0.2) is 24.5 Å². The van der Waals surface area contributed by atoms with Gasteiger partial charge in [-0.25, -0.2) is 4.98 Å². The summed E-state index contributed by atoms with van der Waals surface area (Å²) in [6, 6.07) is 10.8. The maximum Gasteiger partial charge on any atom is 0.274 e. The van der Waals surface area contributed by atoms with Gasteiger partial charge >= 0.3 is 0 Å². The van der Waals surface area contributed by atoms with E-state index in [4.69, 9.17) is 4.74 Å². The molecule has 1 amide bonds. The first-order valence-electron chi connectivity index (χ1n) is 6.81. The van der Waals surface area contributed by atoms with Crippen molar-refractivity contribution >= 4 is 17.4 Å². The third kappa shape index (κ3) is 3.72. The maximum atomic E-state index is 12.2. The second-order valence-corrected chi connectivity index (χ2v) is 4.57. The van der Waals surface area contributed by atoms with Crippen LogP contribution in [-0.2, 0) is 0 Å². The van der Waals surface area contributed by atoms with Crippen molar-refractivity contribution in [2.45, 2.75) is 13.8 Å². The molecule has 1 aromatic carbocycles. The Labute approximate surface area is 124 Å². The first-order chi connectivity index (χ1) is 10.1. The lowest BCUT2D eigenvalue weighted by Gasteiger charge is -2.10. The number of hydrogen-bond acceptors (Lipinski definition) is 4. The van der Waals surface area contributed by atoms with E-state index < -0.39 is 0 Å². The van der Waals surface area contributed by atoms with Gasteiger partial charge in [0, 0.05) is 12.2 Å². The lowest BCUT2D eigenvalue weighted by molar-refractivity contribution is 0.102. The number of ether oxygens (including phenoxy) is 1. The number of carbonyl (C=O) groups excluding carboxylic acids is 1. The van der Waals surface area contributed by atoms with E-state index in [9.17, 15) is 4.79 Å². The van der Waals surface area contributed by atoms with Crippen LogP contribution in [0.25, 0.3) is 0 Å². The second kappa shape index (κ2) is 6.74. The summed E-state index contributed by atoms with van der Waals surface area (Å²) in [5.74, 6) is 1.22. The van der Waals surface area contributed by atoms with Crippen molar-refractivity contribution < 1.29 is 9.53 Å². The fourth-order valence-corrected chi connectivity index (χ4v) is 1.93. The molecule has 0 bridgehead atoms. The van der Waals surface area contributed by atoms with Gasteiger partial charge in [0.25, 0.3) is 5.91 Å². The van der Waals surface area contributed by atoms with Gasteiger partial charge in [-0.15, -0.1) is 0 Å². The van der Waals surface area contributed by atoms with Gasteiger partial charge in [0.2, 0.25) is 0 Å². The minimum atomic E-state index is -0.233. The van der Waals surface area contributed by atoms with Crippen LogP contribution in [0, 0.1) is 6.92 Å². The summed E-state index contributed by atoms with van der Waals surface area (Å²) in [6.07, 6.45) is 0. The van der Waals surface area contributed by atoms with E-state index in [-0.39, 0.29) is 5.91 Å². The Kier molecular flexibility index (Phi) is 4.77. The van der Waals surface area contributed by atoms with Crippen LogP contribution in [0.5, 0.6) is 5.75 Å². The smallest absolute Gasteiger partial charge is 0.274 e. The molecule has 110 valence electrons. The fraction of sp³-hybridized carbons (Fsp3) is 0.250. The van der Waals surface area contributed by atoms with E-state index in [1.54, 1.807) is 19.2 Å². The second-order valence-electron chi connectivity index (χ2n) is 4.57. The van der Waals surface area contributed by atoms with Crippen LogP contribution in [0.3, 0.4) is 0 Å². The van der Waals surface area contributed by atoms with E-state index >= 15 is 0 Å². The van der Waals surface area contributed by atoms with Gasteiger partial charge in [0.05, 0.1) is 7.11 Å². The zero-order valence-corrected chi connectivity index (χ0v) is 12.4. The quantitative estimate of drug-likeness (QED) is 0.886. The monoisotopic (exact) mass is 285 g/mol. The largest absolute Gasteiger partial charge is 0.497 e. The Balaban J connectivity index is 2.16. The number of nitrogens with one attached hydrogen (secondary N) is 2. The van der Waals surface area contributed by atoms with Gasteiger partial charge < -0.3 is 15.4 Å². The summed E-state index contributed by atoms with van der Waals surface area (Å²) >= 11 is 0. The van der Waals surface area contributed by atoms with Crippen molar-refractivity contribution in [1.29, 1.82) is 0 Å². The number of aromatic nitrogens is 1. The molecule has 1 heterocycles. The minimum Gasteiger partial charge on any atom is -0.497 e. The number of amides is 1. The molecule has 0 aliphatic carbocycles. The molecule has 2 rings (SSSR count). The van der Waals surface area contributed by atoms with Gasteiger partial charge in [-0.3, -0.25) is 4.79 Å². The molecule has 0 aliphatic heterocycles. The number of hydrogen-bond donors (Lipinski definition) is 2. The normalized spacial score (nSPS) is 10.0. The molecule has 0 aliphatic rings. The van der Waals surface area contributed by atoms with Crippen LogP contribution >= 0.6 is 0 Å². The average Bonchev–Trinajstić information content (AvgIpc) is 2.50. The van der Waals surface area contributed by atoms with Crippen LogP contribution < -0.4 is 15.4 Å². The van der Waals surface area contributed by atoms with Gasteiger partial charge in [-0.05, 0) is 49.7 Å². The zero-order chi connectivity index (χ0) is 15.2. The number of benzene rings is 1. The molecule has 5 nitrogen and oxygen atoms in total. The van der Waals surface area contributed by atoms with Crippen molar-refractivity contribution in [3.63, 3.8) is 0 Å². The Hall–Kier alpha value is -2.56. The van der Waals surface area contributed by atoms with Crippen molar-refractivity contribution in [3.8, 4) is 5.75 Å². The number of pyridine rings is 1. The molecule has 0 saturated carbocycles.